The van der Waals surface area contributed by atoms with Crippen LogP contribution in [0.5, 0.6) is 0 Å². The van der Waals surface area contributed by atoms with Gasteiger partial charge in [0.25, 0.3) is 0 Å². The molecule has 0 spiro atoms. The van der Waals surface area contributed by atoms with Gasteiger partial charge in [-0.2, -0.15) is 12.6 Å². The second-order valence-corrected chi connectivity index (χ2v) is 4.32. The molecule has 0 bridgehead atoms. The minimum Gasteiger partial charge on any atom is -0.175 e. The number of rotatable bonds is 1. The summed E-state index contributed by atoms with van der Waals surface area (Å²) in [5, 5.41) is 0.359. The molecule has 0 aromatic rings. The van der Waals surface area contributed by atoms with E-state index < -0.39 is 0 Å². The molecular weight excluding hydrogens is 164 g/mol. The second kappa shape index (κ2) is 3.53. The normalized spacial score (nSPS) is 26.3. The van der Waals surface area contributed by atoms with Gasteiger partial charge in [0.1, 0.15) is 0 Å². The summed E-state index contributed by atoms with van der Waals surface area (Å²) in [6, 6.07) is 0. The van der Waals surface area contributed by atoms with Crippen molar-refractivity contribution in [1.29, 1.82) is 0 Å². The molecule has 1 aliphatic carbocycles. The van der Waals surface area contributed by atoms with Crippen LogP contribution in [0.2, 0.25) is 0 Å². The summed E-state index contributed by atoms with van der Waals surface area (Å²) in [5.41, 5.74) is 3.87. The van der Waals surface area contributed by atoms with E-state index in [0.717, 1.165) is 0 Å². The molecule has 0 aromatic carbocycles. The fourth-order valence-electron chi connectivity index (χ4n) is 1.66. The highest BCUT2D eigenvalue weighted by atomic mass is 32.1. The van der Waals surface area contributed by atoms with Crippen molar-refractivity contribution in [3.63, 3.8) is 0 Å². The highest BCUT2D eigenvalue weighted by Crippen LogP contribution is 2.33. The fraction of sp³-hybridized carbons (Fsp3) is 0.455. The predicted molar refractivity (Wildman–Crippen MR) is 58.6 cm³/mol. The van der Waals surface area contributed by atoms with Gasteiger partial charge in [0.15, 0.2) is 0 Å². The summed E-state index contributed by atoms with van der Waals surface area (Å²) in [6.45, 7) is 10.5. The summed E-state index contributed by atoms with van der Waals surface area (Å²) in [4.78, 5) is 0. The lowest BCUT2D eigenvalue weighted by Crippen LogP contribution is -2.18. The van der Waals surface area contributed by atoms with E-state index >= 15 is 0 Å². The van der Waals surface area contributed by atoms with Crippen molar-refractivity contribution in [2.75, 3.05) is 0 Å². The summed E-state index contributed by atoms with van der Waals surface area (Å²) in [6.07, 6.45) is 4.30. The van der Waals surface area contributed by atoms with Crippen molar-refractivity contribution in [3.8, 4) is 0 Å². The minimum atomic E-state index is 0.359. The third-order valence-corrected chi connectivity index (χ3v) is 2.75. The van der Waals surface area contributed by atoms with Gasteiger partial charge in [-0.25, -0.2) is 0 Å². The number of allylic oxidation sites excluding steroid dienone is 5. The first-order valence-corrected chi connectivity index (χ1v) is 4.78. The molecule has 1 heteroatoms. The van der Waals surface area contributed by atoms with E-state index in [1.807, 2.05) is 0 Å². The van der Waals surface area contributed by atoms with Gasteiger partial charge < -0.3 is 0 Å². The Kier molecular flexibility index (Phi) is 2.84. The van der Waals surface area contributed by atoms with Gasteiger partial charge in [-0.15, -0.1) is 0 Å². The average molecular weight is 180 g/mol. The van der Waals surface area contributed by atoms with Crippen LogP contribution in [-0.4, -0.2) is 5.25 Å². The summed E-state index contributed by atoms with van der Waals surface area (Å²) in [5.74, 6) is 0.429. The Morgan fingerprint density at radius 3 is 2.42 bits per heavy atom. The lowest BCUT2D eigenvalue weighted by Gasteiger charge is -2.27. The highest BCUT2D eigenvalue weighted by molar-refractivity contribution is 7.80. The van der Waals surface area contributed by atoms with Crippen LogP contribution in [0.15, 0.2) is 35.5 Å². The maximum absolute atomic E-state index is 4.47. The molecule has 0 radical (unpaired) electrons. The van der Waals surface area contributed by atoms with Gasteiger partial charge in [0.2, 0.25) is 0 Å². The molecule has 0 N–H and O–H groups in total. The van der Waals surface area contributed by atoms with Gasteiger partial charge in [-0.3, -0.25) is 0 Å². The molecule has 2 unspecified atom stereocenters. The van der Waals surface area contributed by atoms with Crippen LogP contribution in [-0.2, 0) is 0 Å². The number of hydrogen-bond donors (Lipinski definition) is 1. The van der Waals surface area contributed by atoms with Gasteiger partial charge in [-0.05, 0) is 25.0 Å². The van der Waals surface area contributed by atoms with Crippen molar-refractivity contribution in [2.45, 2.75) is 26.0 Å². The fourth-order valence-corrected chi connectivity index (χ4v) is 2.07. The van der Waals surface area contributed by atoms with Crippen LogP contribution in [0.1, 0.15) is 20.8 Å². The maximum atomic E-state index is 4.47. The third-order valence-electron chi connectivity index (χ3n) is 2.45. The summed E-state index contributed by atoms with van der Waals surface area (Å²) >= 11 is 4.47. The van der Waals surface area contributed by atoms with Gasteiger partial charge >= 0.3 is 0 Å². The van der Waals surface area contributed by atoms with E-state index in [1.165, 1.54) is 16.7 Å². The Bertz CT molecular complexity index is 254. The quantitative estimate of drug-likeness (QED) is 0.588. The van der Waals surface area contributed by atoms with E-state index in [0.29, 0.717) is 11.2 Å². The van der Waals surface area contributed by atoms with E-state index in [9.17, 15) is 0 Å². The van der Waals surface area contributed by atoms with E-state index in [-0.39, 0.29) is 0 Å². The Labute approximate surface area is 80.5 Å². The monoisotopic (exact) mass is 180 g/mol. The van der Waals surface area contributed by atoms with Crippen molar-refractivity contribution >= 4 is 12.6 Å². The minimum absolute atomic E-state index is 0.359. The van der Waals surface area contributed by atoms with E-state index in [2.05, 4.69) is 52.1 Å². The zero-order valence-corrected chi connectivity index (χ0v) is 8.86. The van der Waals surface area contributed by atoms with Crippen LogP contribution in [0.3, 0.4) is 0 Å². The molecular formula is C11H16S. The summed E-state index contributed by atoms with van der Waals surface area (Å²) < 4.78 is 0. The molecule has 0 aliphatic heterocycles. The first-order valence-electron chi connectivity index (χ1n) is 4.26. The molecule has 66 valence electrons. The van der Waals surface area contributed by atoms with Gasteiger partial charge in [0.05, 0.1) is 0 Å². The van der Waals surface area contributed by atoms with Crippen LogP contribution < -0.4 is 0 Å². The molecule has 0 saturated heterocycles. The van der Waals surface area contributed by atoms with Crippen LogP contribution in [0.25, 0.3) is 0 Å². The Morgan fingerprint density at radius 2 is 2.00 bits per heavy atom. The molecule has 12 heavy (non-hydrogen) atoms. The molecule has 0 fully saturated rings. The Balaban J connectivity index is 2.97. The first kappa shape index (κ1) is 9.66. The van der Waals surface area contributed by atoms with Gasteiger partial charge in [-0.1, -0.05) is 31.2 Å². The van der Waals surface area contributed by atoms with Crippen molar-refractivity contribution in [1.82, 2.24) is 0 Å². The van der Waals surface area contributed by atoms with Crippen LogP contribution in [0.4, 0.5) is 0 Å². The Morgan fingerprint density at radius 1 is 1.42 bits per heavy atom. The third kappa shape index (κ3) is 1.66. The van der Waals surface area contributed by atoms with E-state index in [1.54, 1.807) is 0 Å². The molecule has 2 atom stereocenters. The van der Waals surface area contributed by atoms with Crippen molar-refractivity contribution < 1.29 is 0 Å². The van der Waals surface area contributed by atoms with Gasteiger partial charge in [0, 0.05) is 11.2 Å². The standard InChI is InChI=1S/C11H16S/c1-7-5-6-8(2)11(9(7)3)10(4)12/h5-6,10-12H,3H2,1-2,4H3. The predicted octanol–water partition coefficient (Wildman–Crippen LogP) is 3.38. The molecule has 1 rings (SSSR count). The topological polar surface area (TPSA) is 0 Å². The lowest BCUT2D eigenvalue weighted by molar-refractivity contribution is 0.706. The van der Waals surface area contributed by atoms with Crippen molar-refractivity contribution in [2.24, 2.45) is 5.92 Å². The zero-order chi connectivity index (χ0) is 9.30. The molecule has 1 aliphatic rings. The average Bonchev–Trinajstić information content (AvgIpc) is 1.97. The lowest BCUT2D eigenvalue weighted by atomic mass is 9.82. The summed E-state index contributed by atoms with van der Waals surface area (Å²) in [7, 11) is 0. The van der Waals surface area contributed by atoms with Crippen LogP contribution in [0, 0.1) is 5.92 Å². The molecule has 0 saturated carbocycles. The Hall–Kier alpha value is -0.430. The number of thiol groups is 1. The largest absolute Gasteiger partial charge is 0.175 e. The zero-order valence-electron chi connectivity index (χ0n) is 7.96. The van der Waals surface area contributed by atoms with Crippen LogP contribution >= 0.6 is 12.6 Å². The molecule has 0 heterocycles. The van der Waals surface area contributed by atoms with Crippen molar-refractivity contribution in [3.05, 3.63) is 35.5 Å². The smallest absolute Gasteiger partial charge is 0.0159 e. The number of hydrogen-bond acceptors (Lipinski definition) is 1. The maximum Gasteiger partial charge on any atom is 0.0159 e. The first-order chi connectivity index (χ1) is 5.54. The SMILES string of the molecule is C=C1C(C)=CC=C(C)C1C(C)S. The molecule has 0 aromatic heterocycles. The molecule has 0 amide bonds. The second-order valence-electron chi connectivity index (χ2n) is 3.50. The highest BCUT2D eigenvalue weighted by Gasteiger charge is 2.22. The molecule has 0 nitrogen and oxygen atoms in total. The van der Waals surface area contributed by atoms with E-state index in [4.69, 9.17) is 0 Å².